The molecule has 0 unspecified atom stereocenters. The van der Waals surface area contributed by atoms with Crippen LogP contribution in [0.2, 0.25) is 0 Å². The molecule has 3 rings (SSSR count). The van der Waals surface area contributed by atoms with Crippen molar-refractivity contribution < 1.29 is 4.79 Å². The molecule has 3 aromatic rings. The van der Waals surface area contributed by atoms with Gasteiger partial charge in [-0.05, 0) is 31.2 Å². The number of hydrogen-bond acceptors (Lipinski definition) is 6. The van der Waals surface area contributed by atoms with E-state index in [4.69, 9.17) is 0 Å². The van der Waals surface area contributed by atoms with E-state index in [1.165, 1.54) is 23.5 Å². The van der Waals surface area contributed by atoms with Gasteiger partial charge in [0.25, 0.3) is 0 Å². The molecule has 0 aliphatic carbocycles. The van der Waals surface area contributed by atoms with Crippen molar-refractivity contribution in [3.8, 4) is 5.69 Å². The molecule has 6 nitrogen and oxygen atoms in total. The number of carbonyl (C=O) groups is 1. The number of aryl methyl sites for hydroxylation is 1. The molecule has 2 heterocycles. The number of carbonyl (C=O) groups excluding carboxylic acids is 1. The number of amides is 1. The van der Waals surface area contributed by atoms with Crippen molar-refractivity contribution in [2.75, 3.05) is 11.1 Å². The van der Waals surface area contributed by atoms with Crippen molar-refractivity contribution in [2.24, 2.45) is 0 Å². The van der Waals surface area contributed by atoms with E-state index in [9.17, 15) is 4.79 Å². The zero-order valence-corrected chi connectivity index (χ0v) is 14.1. The number of imidazole rings is 1. The minimum absolute atomic E-state index is 0.0220. The lowest BCUT2D eigenvalue weighted by atomic mass is 10.3. The maximum absolute atomic E-state index is 12.0. The molecule has 0 atom stereocenters. The minimum Gasteiger partial charge on any atom is -0.325 e. The van der Waals surface area contributed by atoms with Gasteiger partial charge in [-0.15, -0.1) is 11.8 Å². The Balaban J connectivity index is 1.49. The van der Waals surface area contributed by atoms with Crippen molar-refractivity contribution in [1.29, 1.82) is 0 Å². The molecule has 0 fully saturated rings. The molecule has 23 heavy (non-hydrogen) atoms. The van der Waals surface area contributed by atoms with Crippen LogP contribution in [-0.4, -0.2) is 30.0 Å². The molecule has 118 valence electrons. The van der Waals surface area contributed by atoms with Crippen LogP contribution < -0.4 is 5.32 Å². The second kappa shape index (κ2) is 7.38. The van der Waals surface area contributed by atoms with Gasteiger partial charge in [-0.3, -0.25) is 4.79 Å². The zero-order chi connectivity index (χ0) is 16.1. The molecule has 0 aliphatic heterocycles. The highest BCUT2D eigenvalue weighted by Gasteiger charge is 2.07. The van der Waals surface area contributed by atoms with Gasteiger partial charge in [-0.25, -0.2) is 4.98 Å². The molecule has 1 aromatic carbocycles. The molecule has 8 heteroatoms. The average Bonchev–Trinajstić information content (AvgIpc) is 3.20. The molecule has 1 amide bonds. The topological polar surface area (TPSA) is 72.7 Å². The Morgan fingerprint density at radius 2 is 2.13 bits per heavy atom. The summed E-state index contributed by atoms with van der Waals surface area (Å²) in [5.74, 6) is 1.07. The lowest BCUT2D eigenvalue weighted by molar-refractivity contribution is -0.113. The lowest BCUT2D eigenvalue weighted by Gasteiger charge is -2.07. The summed E-state index contributed by atoms with van der Waals surface area (Å²) in [4.78, 5) is 16.0. The molecule has 0 saturated carbocycles. The molecular weight excluding hydrogens is 330 g/mol. The normalized spacial score (nSPS) is 10.7. The second-order valence-electron chi connectivity index (χ2n) is 4.85. The van der Waals surface area contributed by atoms with Crippen molar-refractivity contribution in [3.05, 3.63) is 54.4 Å². The van der Waals surface area contributed by atoms with Crippen LogP contribution in [0.4, 0.5) is 5.69 Å². The van der Waals surface area contributed by atoms with Crippen LogP contribution >= 0.6 is 23.5 Å². The Morgan fingerprint density at radius 3 is 2.78 bits per heavy atom. The van der Waals surface area contributed by atoms with Crippen LogP contribution in [0.15, 0.2) is 43.0 Å². The molecule has 0 bridgehead atoms. The summed E-state index contributed by atoms with van der Waals surface area (Å²) in [5.41, 5.74) is 3.68. The van der Waals surface area contributed by atoms with Crippen LogP contribution in [0, 0.1) is 6.92 Å². The summed E-state index contributed by atoms with van der Waals surface area (Å²) >= 11 is 2.74. The molecule has 0 saturated heterocycles. The summed E-state index contributed by atoms with van der Waals surface area (Å²) in [5, 5.41) is 2.89. The first-order valence-electron chi connectivity index (χ1n) is 6.96. The van der Waals surface area contributed by atoms with Crippen LogP contribution in [0.25, 0.3) is 5.69 Å². The number of hydrogen-bond donors (Lipinski definition) is 1. The lowest BCUT2D eigenvalue weighted by Crippen LogP contribution is -2.14. The standard InChI is InChI=1S/C15H15N5OS2/c1-11-14(19-23-18-11)8-22-9-15(21)17-12-2-4-13(5-3-12)20-7-6-16-10-20/h2-7,10H,8-9H2,1H3,(H,17,21). The van der Waals surface area contributed by atoms with E-state index < -0.39 is 0 Å². The first-order chi connectivity index (χ1) is 11.2. The number of aromatic nitrogens is 4. The van der Waals surface area contributed by atoms with Gasteiger partial charge in [-0.2, -0.15) is 8.75 Å². The van der Waals surface area contributed by atoms with Gasteiger partial charge in [0.15, 0.2) is 0 Å². The molecule has 0 aliphatic rings. The fourth-order valence-corrected chi connectivity index (χ4v) is 3.42. The van der Waals surface area contributed by atoms with Gasteiger partial charge in [0.2, 0.25) is 5.91 Å². The van der Waals surface area contributed by atoms with E-state index >= 15 is 0 Å². The van der Waals surface area contributed by atoms with Gasteiger partial charge in [-0.1, -0.05) is 0 Å². The van der Waals surface area contributed by atoms with Crippen molar-refractivity contribution in [3.63, 3.8) is 0 Å². The number of thioether (sulfide) groups is 1. The zero-order valence-electron chi connectivity index (χ0n) is 12.5. The van der Waals surface area contributed by atoms with E-state index in [1.54, 1.807) is 12.5 Å². The third-order valence-corrected chi connectivity index (χ3v) is 4.77. The number of nitrogens with zero attached hydrogens (tertiary/aromatic N) is 4. The van der Waals surface area contributed by atoms with E-state index in [0.29, 0.717) is 11.5 Å². The highest BCUT2D eigenvalue weighted by Crippen LogP contribution is 2.16. The van der Waals surface area contributed by atoms with Gasteiger partial charge in [0.05, 0.1) is 35.2 Å². The average molecular weight is 345 g/mol. The van der Waals surface area contributed by atoms with Gasteiger partial charge < -0.3 is 9.88 Å². The van der Waals surface area contributed by atoms with E-state index in [-0.39, 0.29) is 5.91 Å². The number of rotatable bonds is 6. The van der Waals surface area contributed by atoms with Crippen LogP contribution in [0.5, 0.6) is 0 Å². The SMILES string of the molecule is Cc1nsnc1CSCC(=O)Nc1ccc(-n2ccnc2)cc1. The van der Waals surface area contributed by atoms with Crippen molar-refractivity contribution >= 4 is 35.1 Å². The van der Waals surface area contributed by atoms with Gasteiger partial charge >= 0.3 is 0 Å². The Labute approximate surface area is 142 Å². The highest BCUT2D eigenvalue weighted by atomic mass is 32.2. The maximum Gasteiger partial charge on any atom is 0.234 e. The first kappa shape index (κ1) is 15.7. The smallest absolute Gasteiger partial charge is 0.234 e. The summed E-state index contributed by atoms with van der Waals surface area (Å²) in [6.07, 6.45) is 5.34. The molecule has 1 N–H and O–H groups in total. The third kappa shape index (κ3) is 4.17. The summed E-state index contributed by atoms with van der Waals surface area (Å²) < 4.78 is 10.2. The van der Waals surface area contributed by atoms with Crippen molar-refractivity contribution in [1.82, 2.24) is 18.3 Å². The number of anilines is 1. The molecular formula is C15H15N5OS2. The minimum atomic E-state index is -0.0220. The predicted octanol–water partition coefficient (Wildman–Crippen LogP) is 2.90. The van der Waals surface area contributed by atoms with Crippen LogP contribution in [0.1, 0.15) is 11.4 Å². The largest absolute Gasteiger partial charge is 0.325 e. The van der Waals surface area contributed by atoms with Crippen molar-refractivity contribution in [2.45, 2.75) is 12.7 Å². The van der Waals surface area contributed by atoms with Crippen LogP contribution in [0.3, 0.4) is 0 Å². The van der Waals surface area contributed by atoms with E-state index in [1.807, 2.05) is 42.0 Å². The summed E-state index contributed by atoms with van der Waals surface area (Å²) in [6, 6.07) is 7.64. The van der Waals surface area contributed by atoms with Gasteiger partial charge in [0, 0.05) is 29.5 Å². The Bertz CT molecular complexity index is 768. The predicted molar refractivity (Wildman–Crippen MR) is 93.0 cm³/mol. The fourth-order valence-electron chi connectivity index (χ4n) is 1.95. The molecule has 0 spiro atoms. The number of nitrogens with one attached hydrogen (secondary N) is 1. The molecule has 0 radical (unpaired) electrons. The maximum atomic E-state index is 12.0. The summed E-state index contributed by atoms with van der Waals surface area (Å²) in [7, 11) is 0. The first-order valence-corrected chi connectivity index (χ1v) is 8.85. The Hall–Kier alpha value is -2.19. The number of benzene rings is 1. The monoisotopic (exact) mass is 345 g/mol. The quantitative estimate of drug-likeness (QED) is 0.744. The highest BCUT2D eigenvalue weighted by molar-refractivity contribution is 7.99. The van der Waals surface area contributed by atoms with Gasteiger partial charge in [0.1, 0.15) is 0 Å². The van der Waals surface area contributed by atoms with Crippen LogP contribution in [-0.2, 0) is 10.5 Å². The van der Waals surface area contributed by atoms with E-state index in [0.717, 1.165) is 22.8 Å². The Kier molecular flexibility index (Phi) is 5.04. The third-order valence-electron chi connectivity index (χ3n) is 3.17. The second-order valence-corrected chi connectivity index (χ2v) is 6.37. The molecule has 2 aromatic heterocycles. The summed E-state index contributed by atoms with van der Waals surface area (Å²) in [6.45, 7) is 1.93. The van der Waals surface area contributed by atoms with E-state index in [2.05, 4.69) is 19.0 Å². The Morgan fingerprint density at radius 1 is 1.30 bits per heavy atom. The fraction of sp³-hybridized carbons (Fsp3) is 0.200.